The maximum Gasteiger partial charge on any atom is 0.263 e. The summed E-state index contributed by atoms with van der Waals surface area (Å²) in [6, 6.07) is 5.57. The van der Waals surface area contributed by atoms with Crippen molar-refractivity contribution in [2.24, 2.45) is 11.7 Å². The van der Waals surface area contributed by atoms with Crippen LogP contribution in [0.25, 0.3) is 0 Å². The SMILES string of the molecule is CC(C)C(N)CCN(C)C(=O)C1Cc2cc(Cl)ccc2O1.Cl. The highest BCUT2D eigenvalue weighted by Gasteiger charge is 2.31. The largest absolute Gasteiger partial charge is 0.480 e. The fourth-order valence-electron chi connectivity index (χ4n) is 2.39. The van der Waals surface area contributed by atoms with E-state index >= 15 is 0 Å². The van der Waals surface area contributed by atoms with Crippen molar-refractivity contribution in [3.63, 3.8) is 0 Å². The quantitative estimate of drug-likeness (QED) is 0.891. The topological polar surface area (TPSA) is 55.6 Å². The van der Waals surface area contributed by atoms with Crippen LogP contribution in [0.4, 0.5) is 0 Å². The molecule has 2 N–H and O–H groups in total. The average molecular weight is 347 g/mol. The van der Waals surface area contributed by atoms with Gasteiger partial charge in [-0.3, -0.25) is 4.79 Å². The number of carbonyl (C=O) groups excluding carboxylic acids is 1. The second-order valence-corrected chi connectivity index (χ2v) is 6.46. The molecule has 1 aromatic carbocycles. The summed E-state index contributed by atoms with van der Waals surface area (Å²) in [6.07, 6.45) is 0.930. The maximum absolute atomic E-state index is 12.4. The Morgan fingerprint density at radius 2 is 2.18 bits per heavy atom. The summed E-state index contributed by atoms with van der Waals surface area (Å²) >= 11 is 5.96. The lowest BCUT2D eigenvalue weighted by Crippen LogP contribution is -2.41. The van der Waals surface area contributed by atoms with Gasteiger partial charge in [0.05, 0.1) is 0 Å². The van der Waals surface area contributed by atoms with Crippen LogP contribution in [0.2, 0.25) is 5.02 Å². The van der Waals surface area contributed by atoms with E-state index in [1.165, 1.54) is 0 Å². The van der Waals surface area contributed by atoms with E-state index in [1.807, 2.05) is 12.1 Å². The fraction of sp³-hybridized carbons (Fsp3) is 0.562. The third-order valence-corrected chi connectivity index (χ3v) is 4.24. The molecule has 124 valence electrons. The number of hydrogen-bond donors (Lipinski definition) is 1. The van der Waals surface area contributed by atoms with Crippen molar-refractivity contribution in [3.8, 4) is 5.75 Å². The molecule has 0 spiro atoms. The van der Waals surface area contributed by atoms with Crippen molar-refractivity contribution < 1.29 is 9.53 Å². The lowest BCUT2D eigenvalue weighted by molar-refractivity contribution is -0.136. The van der Waals surface area contributed by atoms with Gasteiger partial charge < -0.3 is 15.4 Å². The zero-order chi connectivity index (χ0) is 15.6. The van der Waals surface area contributed by atoms with Gasteiger partial charge in [0.1, 0.15) is 5.75 Å². The van der Waals surface area contributed by atoms with Crippen molar-refractivity contribution in [1.29, 1.82) is 0 Å². The molecule has 0 saturated heterocycles. The number of benzene rings is 1. The molecule has 1 aliphatic heterocycles. The van der Waals surface area contributed by atoms with Gasteiger partial charge in [-0.05, 0) is 36.1 Å². The van der Waals surface area contributed by atoms with Gasteiger partial charge in [0, 0.05) is 31.1 Å². The molecule has 1 heterocycles. The fourth-order valence-corrected chi connectivity index (χ4v) is 2.58. The molecule has 2 unspecified atom stereocenters. The van der Waals surface area contributed by atoms with E-state index in [2.05, 4.69) is 13.8 Å². The number of carbonyl (C=O) groups is 1. The van der Waals surface area contributed by atoms with Crippen molar-refractivity contribution in [1.82, 2.24) is 4.90 Å². The third-order valence-electron chi connectivity index (χ3n) is 4.00. The van der Waals surface area contributed by atoms with Crippen molar-refractivity contribution in [2.75, 3.05) is 13.6 Å². The predicted octanol–water partition coefficient (Wildman–Crippen LogP) is 2.90. The van der Waals surface area contributed by atoms with E-state index < -0.39 is 6.10 Å². The minimum absolute atomic E-state index is 0. The van der Waals surface area contributed by atoms with Crippen LogP contribution < -0.4 is 10.5 Å². The zero-order valence-corrected chi connectivity index (χ0v) is 14.8. The Morgan fingerprint density at radius 3 is 2.82 bits per heavy atom. The Kier molecular flexibility index (Phi) is 6.98. The number of hydrogen-bond acceptors (Lipinski definition) is 3. The number of fused-ring (bicyclic) bond motifs is 1. The predicted molar refractivity (Wildman–Crippen MR) is 91.9 cm³/mol. The first kappa shape index (κ1) is 19.1. The van der Waals surface area contributed by atoms with E-state index in [0.29, 0.717) is 23.9 Å². The lowest BCUT2D eigenvalue weighted by atomic mass is 10.0. The smallest absolute Gasteiger partial charge is 0.263 e. The molecule has 0 radical (unpaired) electrons. The van der Waals surface area contributed by atoms with Gasteiger partial charge in [0.25, 0.3) is 5.91 Å². The first-order valence-electron chi connectivity index (χ1n) is 7.34. The van der Waals surface area contributed by atoms with Crippen molar-refractivity contribution in [3.05, 3.63) is 28.8 Å². The molecule has 4 nitrogen and oxygen atoms in total. The van der Waals surface area contributed by atoms with E-state index in [4.69, 9.17) is 22.1 Å². The van der Waals surface area contributed by atoms with Gasteiger partial charge in [-0.25, -0.2) is 0 Å². The van der Waals surface area contributed by atoms with Crippen LogP contribution in [0.3, 0.4) is 0 Å². The van der Waals surface area contributed by atoms with Crippen LogP contribution in [0, 0.1) is 5.92 Å². The molecule has 0 aliphatic carbocycles. The molecular weight excluding hydrogens is 323 g/mol. The van der Waals surface area contributed by atoms with E-state index in [-0.39, 0.29) is 24.4 Å². The molecule has 0 fully saturated rings. The summed E-state index contributed by atoms with van der Waals surface area (Å²) in [4.78, 5) is 14.1. The first-order valence-corrected chi connectivity index (χ1v) is 7.72. The number of amides is 1. The maximum atomic E-state index is 12.4. The highest BCUT2D eigenvalue weighted by molar-refractivity contribution is 6.30. The molecule has 2 atom stereocenters. The summed E-state index contributed by atoms with van der Waals surface area (Å²) in [5.41, 5.74) is 7.01. The molecule has 0 bridgehead atoms. The monoisotopic (exact) mass is 346 g/mol. The zero-order valence-electron chi connectivity index (χ0n) is 13.2. The minimum Gasteiger partial charge on any atom is -0.480 e. The molecule has 22 heavy (non-hydrogen) atoms. The lowest BCUT2D eigenvalue weighted by Gasteiger charge is -2.23. The number of nitrogens with zero attached hydrogens (tertiary/aromatic N) is 1. The van der Waals surface area contributed by atoms with E-state index in [9.17, 15) is 4.79 Å². The Hall–Kier alpha value is -0.970. The minimum atomic E-state index is -0.446. The van der Waals surface area contributed by atoms with E-state index in [0.717, 1.165) is 17.7 Å². The van der Waals surface area contributed by atoms with Crippen LogP contribution in [-0.2, 0) is 11.2 Å². The highest BCUT2D eigenvalue weighted by atomic mass is 35.5. The molecule has 6 heteroatoms. The van der Waals surface area contributed by atoms with Gasteiger partial charge >= 0.3 is 0 Å². The van der Waals surface area contributed by atoms with Gasteiger partial charge in [-0.15, -0.1) is 12.4 Å². The normalized spacial score (nSPS) is 17.5. The molecule has 0 aromatic heterocycles. The molecule has 2 rings (SSSR count). The van der Waals surface area contributed by atoms with Gasteiger partial charge in [0.15, 0.2) is 6.10 Å². The Labute approximate surface area is 143 Å². The molecule has 1 aliphatic rings. The van der Waals surface area contributed by atoms with Gasteiger partial charge in [-0.2, -0.15) is 0 Å². The standard InChI is InChI=1S/C16H23ClN2O2.ClH/c1-10(2)13(18)6-7-19(3)16(20)15-9-11-8-12(17)4-5-14(11)21-15;/h4-5,8,10,13,15H,6-7,9,18H2,1-3H3;1H. The van der Waals surface area contributed by atoms with Crippen LogP contribution >= 0.6 is 24.0 Å². The first-order chi connectivity index (χ1) is 9.88. The summed E-state index contributed by atoms with van der Waals surface area (Å²) in [5, 5.41) is 0.668. The Balaban J connectivity index is 0.00000242. The number of rotatable bonds is 5. The molecular formula is C16H24Cl2N2O2. The van der Waals surface area contributed by atoms with Crippen LogP contribution in [0.15, 0.2) is 18.2 Å². The summed E-state index contributed by atoms with van der Waals surface area (Å²) in [6.45, 7) is 4.83. The second-order valence-electron chi connectivity index (χ2n) is 6.02. The molecule has 1 amide bonds. The van der Waals surface area contributed by atoms with Crippen molar-refractivity contribution in [2.45, 2.75) is 38.8 Å². The summed E-state index contributed by atoms with van der Waals surface area (Å²) in [7, 11) is 1.80. The summed E-state index contributed by atoms with van der Waals surface area (Å²) in [5.74, 6) is 1.17. The third kappa shape index (κ3) is 4.51. The van der Waals surface area contributed by atoms with Crippen molar-refractivity contribution >= 4 is 29.9 Å². The van der Waals surface area contributed by atoms with Crippen LogP contribution in [-0.4, -0.2) is 36.5 Å². The van der Waals surface area contributed by atoms with Gasteiger partial charge in [0.2, 0.25) is 0 Å². The molecule has 1 aromatic rings. The number of ether oxygens (including phenoxy) is 1. The Morgan fingerprint density at radius 1 is 1.50 bits per heavy atom. The Bertz CT molecular complexity index is 523. The number of halogens is 2. The van der Waals surface area contributed by atoms with Crippen LogP contribution in [0.5, 0.6) is 5.75 Å². The van der Waals surface area contributed by atoms with E-state index in [1.54, 1.807) is 18.0 Å². The van der Waals surface area contributed by atoms with Crippen LogP contribution in [0.1, 0.15) is 25.8 Å². The number of nitrogens with two attached hydrogens (primary N) is 1. The second kappa shape index (κ2) is 8.04. The average Bonchev–Trinajstić information content (AvgIpc) is 2.86. The summed E-state index contributed by atoms with van der Waals surface area (Å²) < 4.78 is 5.72. The molecule has 0 saturated carbocycles. The number of likely N-dealkylation sites (N-methyl/N-ethyl adjacent to an activating group) is 1. The highest BCUT2D eigenvalue weighted by Crippen LogP contribution is 2.31. The van der Waals surface area contributed by atoms with Gasteiger partial charge in [-0.1, -0.05) is 25.4 Å².